The third kappa shape index (κ3) is 1.91. The number of thiazole rings is 1. The molecule has 0 amide bonds. The van der Waals surface area contributed by atoms with E-state index in [-0.39, 0.29) is 5.82 Å². The van der Waals surface area contributed by atoms with Crippen LogP contribution in [-0.2, 0) is 6.42 Å². The molecule has 1 heterocycles. The molecule has 74 valence electrons. The van der Waals surface area contributed by atoms with Gasteiger partial charge in [0, 0.05) is 19.0 Å². The predicted molar refractivity (Wildman–Crippen MR) is 57.2 cm³/mol. The lowest BCUT2D eigenvalue weighted by Gasteiger charge is -1.92. The molecule has 0 bridgehead atoms. The number of nitrogens with zero attached hydrogens (tertiary/aromatic N) is 1. The first-order chi connectivity index (χ1) is 6.79. The van der Waals surface area contributed by atoms with Crippen LogP contribution in [-0.4, -0.2) is 18.6 Å². The van der Waals surface area contributed by atoms with Crippen molar-refractivity contribution in [2.45, 2.75) is 6.42 Å². The zero-order valence-corrected chi connectivity index (χ0v) is 8.70. The minimum atomic E-state index is -0.219. The Morgan fingerprint density at radius 3 is 3.14 bits per heavy atom. The van der Waals surface area contributed by atoms with Crippen molar-refractivity contribution >= 4 is 21.6 Å². The lowest BCUT2D eigenvalue weighted by atomic mass is 10.3. The van der Waals surface area contributed by atoms with Crippen LogP contribution in [0.5, 0.6) is 0 Å². The third-order valence-electron chi connectivity index (χ3n) is 1.98. The van der Waals surface area contributed by atoms with E-state index >= 15 is 0 Å². The number of benzene rings is 1. The quantitative estimate of drug-likeness (QED) is 0.840. The molecule has 0 saturated heterocycles. The molecule has 1 aromatic carbocycles. The van der Waals surface area contributed by atoms with Gasteiger partial charge in [-0.3, -0.25) is 0 Å². The highest BCUT2D eigenvalue weighted by atomic mass is 32.1. The number of halogens is 1. The average molecular weight is 210 g/mol. The smallest absolute Gasteiger partial charge is 0.125 e. The predicted octanol–water partition coefficient (Wildman–Crippen LogP) is 2.20. The fourth-order valence-electron chi connectivity index (χ4n) is 1.29. The largest absolute Gasteiger partial charge is 0.319 e. The zero-order valence-electron chi connectivity index (χ0n) is 7.88. The Labute approximate surface area is 85.8 Å². The summed E-state index contributed by atoms with van der Waals surface area (Å²) < 4.78 is 13.9. The van der Waals surface area contributed by atoms with Gasteiger partial charge in [-0.1, -0.05) is 0 Å². The Kier molecular flexibility index (Phi) is 2.74. The topological polar surface area (TPSA) is 24.9 Å². The summed E-state index contributed by atoms with van der Waals surface area (Å²) in [6.07, 6.45) is 0.900. The molecule has 0 radical (unpaired) electrons. The molecule has 0 spiro atoms. The molecule has 2 nitrogen and oxygen atoms in total. The summed E-state index contributed by atoms with van der Waals surface area (Å²) in [6, 6.07) is 4.74. The highest BCUT2D eigenvalue weighted by Gasteiger charge is 2.03. The second-order valence-electron chi connectivity index (χ2n) is 3.07. The molecule has 0 aliphatic carbocycles. The van der Waals surface area contributed by atoms with Gasteiger partial charge >= 0.3 is 0 Å². The van der Waals surface area contributed by atoms with Gasteiger partial charge in [-0.15, -0.1) is 11.3 Å². The van der Waals surface area contributed by atoms with Gasteiger partial charge in [0.1, 0.15) is 5.82 Å². The van der Waals surface area contributed by atoms with Gasteiger partial charge in [0.05, 0.1) is 15.2 Å². The van der Waals surface area contributed by atoms with Crippen molar-refractivity contribution in [3.05, 3.63) is 29.0 Å². The van der Waals surface area contributed by atoms with Crippen LogP contribution in [0.4, 0.5) is 4.39 Å². The number of aromatic nitrogens is 1. The van der Waals surface area contributed by atoms with Crippen LogP contribution in [0.2, 0.25) is 0 Å². The van der Waals surface area contributed by atoms with Crippen molar-refractivity contribution in [2.24, 2.45) is 0 Å². The van der Waals surface area contributed by atoms with Gasteiger partial charge < -0.3 is 5.32 Å². The highest BCUT2D eigenvalue weighted by Crippen LogP contribution is 2.22. The minimum Gasteiger partial charge on any atom is -0.319 e. The Morgan fingerprint density at radius 2 is 2.36 bits per heavy atom. The van der Waals surface area contributed by atoms with E-state index in [4.69, 9.17) is 0 Å². The van der Waals surface area contributed by atoms with Gasteiger partial charge in [-0.05, 0) is 19.2 Å². The van der Waals surface area contributed by atoms with E-state index in [1.807, 2.05) is 7.05 Å². The molecular formula is C10H11FN2S. The number of hydrogen-bond acceptors (Lipinski definition) is 3. The first-order valence-electron chi connectivity index (χ1n) is 4.49. The Morgan fingerprint density at radius 1 is 1.50 bits per heavy atom. The first-order valence-corrected chi connectivity index (χ1v) is 5.31. The van der Waals surface area contributed by atoms with Crippen LogP contribution in [0.1, 0.15) is 5.01 Å². The van der Waals surface area contributed by atoms with Crippen molar-refractivity contribution in [3.8, 4) is 0 Å². The minimum absolute atomic E-state index is 0.219. The van der Waals surface area contributed by atoms with Crippen molar-refractivity contribution < 1.29 is 4.39 Å². The summed E-state index contributed by atoms with van der Waals surface area (Å²) in [5, 5.41) is 4.12. The lowest BCUT2D eigenvalue weighted by Crippen LogP contribution is -2.09. The van der Waals surface area contributed by atoms with Gasteiger partial charge in [0.25, 0.3) is 0 Å². The van der Waals surface area contributed by atoms with Crippen LogP contribution < -0.4 is 5.32 Å². The van der Waals surface area contributed by atoms with Crippen molar-refractivity contribution in [1.29, 1.82) is 0 Å². The molecule has 1 N–H and O–H groups in total. The molecule has 2 rings (SSSR count). The fraction of sp³-hybridized carbons (Fsp3) is 0.300. The molecule has 1 aromatic heterocycles. The average Bonchev–Trinajstić information content (AvgIpc) is 2.56. The van der Waals surface area contributed by atoms with E-state index in [9.17, 15) is 4.39 Å². The molecule has 0 unspecified atom stereocenters. The van der Waals surface area contributed by atoms with Gasteiger partial charge in [0.15, 0.2) is 0 Å². The standard InChI is InChI=1S/C10H11FN2S/c1-12-5-4-10-13-8-6-7(11)2-3-9(8)14-10/h2-3,6,12H,4-5H2,1H3. The van der Waals surface area contributed by atoms with Crippen LogP contribution in [0, 0.1) is 5.82 Å². The van der Waals surface area contributed by atoms with Gasteiger partial charge in [-0.25, -0.2) is 9.37 Å². The summed E-state index contributed by atoms with van der Waals surface area (Å²) in [5.74, 6) is -0.219. The number of hydrogen-bond donors (Lipinski definition) is 1. The van der Waals surface area contributed by atoms with Gasteiger partial charge in [0.2, 0.25) is 0 Å². The summed E-state index contributed by atoms with van der Waals surface area (Å²) >= 11 is 1.63. The Balaban J connectivity index is 2.32. The molecule has 0 aliphatic heterocycles. The normalized spacial score (nSPS) is 11.0. The maximum Gasteiger partial charge on any atom is 0.125 e. The van der Waals surface area contributed by atoms with Crippen molar-refractivity contribution in [1.82, 2.24) is 10.3 Å². The van der Waals surface area contributed by atoms with E-state index in [0.29, 0.717) is 0 Å². The Bertz CT molecular complexity index is 439. The van der Waals surface area contributed by atoms with Crippen LogP contribution >= 0.6 is 11.3 Å². The molecule has 0 saturated carbocycles. The van der Waals surface area contributed by atoms with E-state index in [0.717, 1.165) is 28.2 Å². The van der Waals surface area contributed by atoms with Crippen LogP contribution in [0.15, 0.2) is 18.2 Å². The first kappa shape index (κ1) is 9.55. The van der Waals surface area contributed by atoms with E-state index in [1.54, 1.807) is 17.4 Å². The summed E-state index contributed by atoms with van der Waals surface area (Å²) in [6.45, 7) is 0.905. The number of nitrogens with one attached hydrogen (secondary N) is 1. The van der Waals surface area contributed by atoms with Gasteiger partial charge in [-0.2, -0.15) is 0 Å². The summed E-state index contributed by atoms with van der Waals surface area (Å²) in [7, 11) is 1.91. The second kappa shape index (κ2) is 4.02. The number of likely N-dealkylation sites (N-methyl/N-ethyl adjacent to an activating group) is 1. The third-order valence-corrected chi connectivity index (χ3v) is 3.08. The van der Waals surface area contributed by atoms with E-state index < -0.39 is 0 Å². The number of rotatable bonds is 3. The fourth-order valence-corrected chi connectivity index (χ4v) is 2.23. The SMILES string of the molecule is CNCCc1nc2cc(F)ccc2s1. The summed E-state index contributed by atoms with van der Waals surface area (Å²) in [4.78, 5) is 4.35. The molecule has 2 aromatic rings. The molecule has 14 heavy (non-hydrogen) atoms. The van der Waals surface area contributed by atoms with Crippen LogP contribution in [0.3, 0.4) is 0 Å². The Hall–Kier alpha value is -1.00. The highest BCUT2D eigenvalue weighted by molar-refractivity contribution is 7.18. The van der Waals surface area contributed by atoms with Crippen molar-refractivity contribution in [2.75, 3.05) is 13.6 Å². The molecule has 0 aliphatic rings. The lowest BCUT2D eigenvalue weighted by molar-refractivity contribution is 0.629. The molecule has 0 atom stereocenters. The number of fused-ring (bicyclic) bond motifs is 1. The summed E-state index contributed by atoms with van der Waals surface area (Å²) in [5.41, 5.74) is 0.765. The zero-order chi connectivity index (χ0) is 9.97. The molecular weight excluding hydrogens is 199 g/mol. The van der Waals surface area contributed by atoms with Crippen molar-refractivity contribution in [3.63, 3.8) is 0 Å². The maximum atomic E-state index is 12.9. The van der Waals surface area contributed by atoms with E-state index in [1.165, 1.54) is 12.1 Å². The molecule has 4 heteroatoms. The second-order valence-corrected chi connectivity index (χ2v) is 4.19. The van der Waals surface area contributed by atoms with Crippen LogP contribution in [0.25, 0.3) is 10.2 Å². The van der Waals surface area contributed by atoms with E-state index in [2.05, 4.69) is 10.3 Å². The monoisotopic (exact) mass is 210 g/mol. The molecule has 0 fully saturated rings. The maximum absolute atomic E-state index is 12.9.